The van der Waals surface area contributed by atoms with Gasteiger partial charge in [0.05, 0.1) is 0 Å². The smallest absolute Gasteiger partial charge is 0.226 e. The van der Waals surface area contributed by atoms with E-state index in [4.69, 9.17) is 0 Å². The van der Waals surface area contributed by atoms with Gasteiger partial charge >= 0.3 is 0 Å². The third-order valence-corrected chi connectivity index (χ3v) is 1.35. The van der Waals surface area contributed by atoms with Crippen LogP contribution in [-0.2, 0) is 4.79 Å². The molecule has 0 unspecified atom stereocenters. The van der Waals surface area contributed by atoms with Gasteiger partial charge < -0.3 is 10.2 Å². The van der Waals surface area contributed by atoms with E-state index >= 15 is 0 Å². The van der Waals surface area contributed by atoms with E-state index in [1.54, 1.807) is 17.2 Å². The number of hydrogen-bond donors (Lipinski definition) is 1. The summed E-state index contributed by atoms with van der Waals surface area (Å²) >= 11 is 0. The zero-order valence-electron chi connectivity index (χ0n) is 7.90. The average Bonchev–Trinajstić information content (AvgIpc) is 2.03. The van der Waals surface area contributed by atoms with Crippen LogP contribution in [0.4, 0.5) is 11.8 Å². The van der Waals surface area contributed by atoms with Crippen LogP contribution in [0.2, 0.25) is 0 Å². The van der Waals surface area contributed by atoms with E-state index in [-0.39, 0.29) is 5.91 Å². The Bertz CT molecular complexity index is 311. The maximum absolute atomic E-state index is 10.7. The molecule has 1 N–H and O–H groups in total. The molecule has 70 valence electrons. The third-order valence-electron chi connectivity index (χ3n) is 1.35. The predicted octanol–water partition coefficient (Wildman–Crippen LogP) is 0.501. The molecule has 5 heteroatoms. The number of aromatic nitrogens is 2. The van der Waals surface area contributed by atoms with E-state index < -0.39 is 0 Å². The number of carbonyl (C=O) groups is 1. The maximum atomic E-state index is 10.7. The van der Waals surface area contributed by atoms with Crippen LogP contribution in [0.1, 0.15) is 6.92 Å². The Morgan fingerprint density at radius 2 is 2.23 bits per heavy atom. The van der Waals surface area contributed by atoms with E-state index in [2.05, 4.69) is 15.3 Å². The molecule has 0 fully saturated rings. The molecule has 1 heterocycles. The summed E-state index contributed by atoms with van der Waals surface area (Å²) in [5.41, 5.74) is 0. The Morgan fingerprint density at radius 3 is 2.77 bits per heavy atom. The molecular weight excluding hydrogens is 168 g/mol. The minimum Gasteiger partial charge on any atom is -0.347 e. The first-order valence-corrected chi connectivity index (χ1v) is 3.87. The Morgan fingerprint density at radius 1 is 1.54 bits per heavy atom. The van der Waals surface area contributed by atoms with Gasteiger partial charge in [0.2, 0.25) is 11.9 Å². The van der Waals surface area contributed by atoms with E-state index in [1.807, 2.05) is 14.1 Å². The van der Waals surface area contributed by atoms with Crippen molar-refractivity contribution in [1.82, 2.24) is 9.97 Å². The molecule has 0 atom stereocenters. The van der Waals surface area contributed by atoms with Crippen molar-refractivity contribution in [2.24, 2.45) is 0 Å². The summed E-state index contributed by atoms with van der Waals surface area (Å²) in [7, 11) is 3.68. The Kier molecular flexibility index (Phi) is 2.79. The van der Waals surface area contributed by atoms with E-state index in [0.29, 0.717) is 11.8 Å². The highest BCUT2D eigenvalue weighted by atomic mass is 16.1. The monoisotopic (exact) mass is 180 g/mol. The molecular formula is C8H12N4O. The molecule has 0 aliphatic rings. The number of nitrogens with zero attached hydrogens (tertiary/aromatic N) is 3. The first-order valence-electron chi connectivity index (χ1n) is 3.87. The van der Waals surface area contributed by atoms with Gasteiger partial charge in [0, 0.05) is 27.2 Å². The van der Waals surface area contributed by atoms with Gasteiger partial charge in [-0.2, -0.15) is 4.98 Å². The summed E-state index contributed by atoms with van der Waals surface area (Å²) < 4.78 is 0. The molecule has 0 saturated heterocycles. The highest BCUT2D eigenvalue weighted by Crippen LogP contribution is 2.07. The first-order chi connectivity index (χ1) is 6.09. The fourth-order valence-electron chi connectivity index (χ4n) is 0.814. The van der Waals surface area contributed by atoms with Crippen molar-refractivity contribution in [3.05, 3.63) is 12.3 Å². The van der Waals surface area contributed by atoms with E-state index in [9.17, 15) is 4.79 Å². The first kappa shape index (κ1) is 9.44. The quantitative estimate of drug-likeness (QED) is 0.720. The van der Waals surface area contributed by atoms with Gasteiger partial charge in [-0.15, -0.1) is 0 Å². The van der Waals surface area contributed by atoms with Gasteiger partial charge in [-0.1, -0.05) is 0 Å². The van der Waals surface area contributed by atoms with Crippen LogP contribution >= 0.6 is 0 Å². The van der Waals surface area contributed by atoms with Gasteiger partial charge in [-0.05, 0) is 6.07 Å². The van der Waals surface area contributed by atoms with Crippen molar-refractivity contribution in [2.75, 3.05) is 24.3 Å². The molecule has 0 bridgehead atoms. The molecule has 1 amide bonds. The molecule has 0 aliphatic carbocycles. The van der Waals surface area contributed by atoms with Crippen LogP contribution < -0.4 is 10.2 Å². The van der Waals surface area contributed by atoms with Gasteiger partial charge in [0.1, 0.15) is 5.82 Å². The van der Waals surface area contributed by atoms with Crippen molar-refractivity contribution in [1.29, 1.82) is 0 Å². The van der Waals surface area contributed by atoms with Gasteiger partial charge in [-0.25, -0.2) is 4.98 Å². The maximum Gasteiger partial charge on any atom is 0.226 e. The average molecular weight is 180 g/mol. The third kappa shape index (κ3) is 2.70. The number of amides is 1. The Hall–Kier alpha value is -1.65. The summed E-state index contributed by atoms with van der Waals surface area (Å²) in [5.74, 6) is 0.959. The number of rotatable bonds is 2. The standard InChI is InChI=1S/C8H12N4O/c1-6(13)10-7-4-5-9-8(11-7)12(2)3/h4-5H,1-3H3,(H,9,10,11,13). The summed E-state index contributed by atoms with van der Waals surface area (Å²) in [4.78, 5) is 20.6. The van der Waals surface area contributed by atoms with Crippen LogP contribution in [-0.4, -0.2) is 30.0 Å². The fraction of sp³-hybridized carbons (Fsp3) is 0.375. The zero-order chi connectivity index (χ0) is 9.84. The number of anilines is 2. The van der Waals surface area contributed by atoms with E-state index in [0.717, 1.165) is 0 Å². The lowest BCUT2D eigenvalue weighted by Crippen LogP contribution is -2.14. The number of carbonyl (C=O) groups excluding carboxylic acids is 1. The van der Waals surface area contributed by atoms with Crippen molar-refractivity contribution in [2.45, 2.75) is 6.92 Å². The van der Waals surface area contributed by atoms with Gasteiger partial charge in [0.15, 0.2) is 0 Å². The fourth-order valence-corrected chi connectivity index (χ4v) is 0.814. The molecule has 0 saturated carbocycles. The van der Waals surface area contributed by atoms with Crippen LogP contribution in [0.25, 0.3) is 0 Å². The van der Waals surface area contributed by atoms with Gasteiger partial charge in [0.25, 0.3) is 0 Å². The van der Waals surface area contributed by atoms with Crippen LogP contribution in [0, 0.1) is 0 Å². The summed E-state index contributed by atoms with van der Waals surface area (Å²) in [6.45, 7) is 1.44. The largest absolute Gasteiger partial charge is 0.347 e. The molecule has 1 rings (SSSR count). The minimum atomic E-state index is -0.136. The van der Waals surface area contributed by atoms with Crippen molar-refractivity contribution >= 4 is 17.7 Å². The Balaban J connectivity index is 2.85. The van der Waals surface area contributed by atoms with Crippen molar-refractivity contribution in [3.63, 3.8) is 0 Å². The number of hydrogen-bond acceptors (Lipinski definition) is 4. The minimum absolute atomic E-state index is 0.136. The van der Waals surface area contributed by atoms with Crippen molar-refractivity contribution < 1.29 is 4.79 Å². The topological polar surface area (TPSA) is 58.1 Å². The second-order valence-electron chi connectivity index (χ2n) is 2.82. The lowest BCUT2D eigenvalue weighted by Gasteiger charge is -2.10. The molecule has 0 aromatic carbocycles. The summed E-state index contributed by atoms with van der Waals surface area (Å²) in [5, 5.41) is 2.58. The highest BCUT2D eigenvalue weighted by molar-refractivity contribution is 5.87. The molecule has 1 aromatic rings. The second-order valence-corrected chi connectivity index (χ2v) is 2.82. The molecule has 5 nitrogen and oxygen atoms in total. The van der Waals surface area contributed by atoms with Crippen molar-refractivity contribution in [3.8, 4) is 0 Å². The van der Waals surface area contributed by atoms with Crippen LogP contribution in [0.5, 0.6) is 0 Å². The SMILES string of the molecule is CC(=O)Nc1ccnc(N(C)C)n1. The summed E-state index contributed by atoms with van der Waals surface area (Å²) in [6.07, 6.45) is 1.60. The lowest BCUT2D eigenvalue weighted by molar-refractivity contribution is -0.114. The lowest BCUT2D eigenvalue weighted by atomic mass is 10.5. The molecule has 1 aromatic heterocycles. The molecule has 13 heavy (non-hydrogen) atoms. The molecule has 0 aliphatic heterocycles. The zero-order valence-corrected chi connectivity index (χ0v) is 7.90. The summed E-state index contributed by atoms with van der Waals surface area (Å²) in [6, 6.07) is 1.65. The predicted molar refractivity (Wildman–Crippen MR) is 50.7 cm³/mol. The normalized spacial score (nSPS) is 9.46. The van der Waals surface area contributed by atoms with Crippen LogP contribution in [0.15, 0.2) is 12.3 Å². The van der Waals surface area contributed by atoms with Crippen LogP contribution in [0.3, 0.4) is 0 Å². The molecule has 0 spiro atoms. The second kappa shape index (κ2) is 3.84. The van der Waals surface area contributed by atoms with Gasteiger partial charge in [-0.3, -0.25) is 4.79 Å². The Labute approximate surface area is 76.8 Å². The highest BCUT2D eigenvalue weighted by Gasteiger charge is 2.01. The van der Waals surface area contributed by atoms with E-state index in [1.165, 1.54) is 6.92 Å². The molecule has 0 radical (unpaired) electrons. The number of nitrogens with one attached hydrogen (secondary N) is 1.